The van der Waals surface area contributed by atoms with Crippen LogP contribution >= 0.6 is 0 Å². The van der Waals surface area contributed by atoms with Crippen molar-refractivity contribution in [1.82, 2.24) is 19.9 Å². The molecule has 0 unspecified atom stereocenters. The number of carbonyl (C=O) groups is 1. The average molecular weight is 390 g/mol. The van der Waals surface area contributed by atoms with Crippen LogP contribution in [0.15, 0.2) is 45.9 Å². The Labute approximate surface area is 167 Å². The van der Waals surface area contributed by atoms with Crippen molar-refractivity contribution in [2.75, 3.05) is 13.1 Å². The Kier molecular flexibility index (Phi) is 4.12. The number of benzene rings is 1. The highest BCUT2D eigenvalue weighted by Crippen LogP contribution is 2.44. The van der Waals surface area contributed by atoms with Gasteiger partial charge in [-0.2, -0.15) is 0 Å². The Morgan fingerprint density at radius 1 is 1.17 bits per heavy atom. The number of aromatic nitrogens is 3. The molecule has 148 valence electrons. The van der Waals surface area contributed by atoms with Crippen LogP contribution in [0.1, 0.15) is 46.8 Å². The largest absolute Gasteiger partial charge is 0.448 e. The zero-order valence-corrected chi connectivity index (χ0v) is 16.3. The summed E-state index contributed by atoms with van der Waals surface area (Å²) in [4.78, 5) is 39.2. The molecule has 7 heteroatoms. The summed E-state index contributed by atoms with van der Waals surface area (Å²) in [5, 5.41) is 0. The predicted octanol–water partition coefficient (Wildman–Crippen LogP) is 2.85. The van der Waals surface area contributed by atoms with Gasteiger partial charge in [-0.25, -0.2) is 9.97 Å². The van der Waals surface area contributed by atoms with Crippen LogP contribution in [-0.2, 0) is 11.8 Å². The quantitative estimate of drug-likeness (QED) is 0.726. The Morgan fingerprint density at radius 3 is 2.62 bits per heavy atom. The summed E-state index contributed by atoms with van der Waals surface area (Å²) < 4.78 is 5.18. The molecule has 1 aromatic carbocycles. The molecule has 5 rings (SSSR count). The first-order chi connectivity index (χ1) is 14.1. The first-order valence-electron chi connectivity index (χ1n) is 9.96. The van der Waals surface area contributed by atoms with Gasteiger partial charge >= 0.3 is 0 Å². The van der Waals surface area contributed by atoms with E-state index >= 15 is 0 Å². The van der Waals surface area contributed by atoms with Gasteiger partial charge in [-0.05, 0) is 32.6 Å². The third-order valence-electron chi connectivity index (χ3n) is 6.37. The van der Waals surface area contributed by atoms with Crippen molar-refractivity contribution in [3.63, 3.8) is 0 Å². The molecule has 1 amide bonds. The maximum absolute atomic E-state index is 12.8. The zero-order chi connectivity index (χ0) is 20.0. The minimum atomic E-state index is -0.136. The number of likely N-dealkylation sites (tertiary alicyclic amines) is 1. The Balaban J connectivity index is 1.43. The lowest BCUT2D eigenvalue weighted by molar-refractivity contribution is 0.0656. The van der Waals surface area contributed by atoms with E-state index in [-0.39, 0.29) is 16.9 Å². The Hall–Kier alpha value is -3.22. The fourth-order valence-corrected chi connectivity index (χ4v) is 4.67. The van der Waals surface area contributed by atoms with E-state index in [0.29, 0.717) is 30.4 Å². The molecule has 1 spiro atoms. The predicted molar refractivity (Wildman–Crippen MR) is 107 cm³/mol. The molecule has 1 saturated heterocycles. The van der Waals surface area contributed by atoms with Crippen molar-refractivity contribution in [1.29, 1.82) is 0 Å². The summed E-state index contributed by atoms with van der Waals surface area (Å²) in [6, 6.07) is 9.73. The molecule has 1 aliphatic heterocycles. The number of oxazole rings is 1. The van der Waals surface area contributed by atoms with Gasteiger partial charge in [-0.3, -0.25) is 9.59 Å². The Morgan fingerprint density at radius 2 is 1.93 bits per heavy atom. The fraction of sp³-hybridized carbons (Fsp3) is 0.364. The molecular weight excluding hydrogens is 368 g/mol. The van der Waals surface area contributed by atoms with Gasteiger partial charge in [0.2, 0.25) is 0 Å². The van der Waals surface area contributed by atoms with Gasteiger partial charge in [0.15, 0.2) is 12.1 Å². The number of fused-ring (bicyclic) bond motifs is 2. The highest BCUT2D eigenvalue weighted by molar-refractivity contribution is 5.93. The second-order valence-electron chi connectivity index (χ2n) is 7.94. The van der Waals surface area contributed by atoms with E-state index in [1.165, 1.54) is 6.39 Å². The van der Waals surface area contributed by atoms with Gasteiger partial charge in [-0.15, -0.1) is 0 Å². The van der Waals surface area contributed by atoms with Gasteiger partial charge in [0.05, 0.1) is 5.69 Å². The van der Waals surface area contributed by atoms with Crippen LogP contribution in [-0.4, -0.2) is 38.8 Å². The maximum atomic E-state index is 12.8. The molecule has 0 bridgehead atoms. The van der Waals surface area contributed by atoms with Crippen LogP contribution < -0.4 is 5.56 Å². The molecule has 7 nitrogen and oxygen atoms in total. The lowest BCUT2D eigenvalue weighted by Crippen LogP contribution is -2.45. The first-order valence-corrected chi connectivity index (χ1v) is 9.96. The lowest BCUT2D eigenvalue weighted by atomic mass is 9.76. The second-order valence-corrected chi connectivity index (χ2v) is 7.94. The van der Waals surface area contributed by atoms with Crippen molar-refractivity contribution in [2.24, 2.45) is 0 Å². The van der Waals surface area contributed by atoms with Crippen LogP contribution in [0.25, 0.3) is 11.4 Å². The van der Waals surface area contributed by atoms with E-state index in [1.54, 1.807) is 6.92 Å². The topological polar surface area (TPSA) is 92.1 Å². The van der Waals surface area contributed by atoms with Gasteiger partial charge in [0.25, 0.3) is 11.5 Å². The van der Waals surface area contributed by atoms with Crippen molar-refractivity contribution in [3.05, 3.63) is 69.8 Å². The maximum Gasteiger partial charge on any atom is 0.276 e. The van der Waals surface area contributed by atoms with E-state index < -0.39 is 0 Å². The van der Waals surface area contributed by atoms with Gasteiger partial charge in [0.1, 0.15) is 11.6 Å². The zero-order valence-electron chi connectivity index (χ0n) is 16.3. The highest BCUT2D eigenvalue weighted by atomic mass is 16.3. The molecule has 1 fully saturated rings. The minimum Gasteiger partial charge on any atom is -0.448 e. The molecule has 3 heterocycles. The minimum absolute atomic E-state index is 0.0394. The number of nitrogens with zero attached hydrogens (tertiary/aromatic N) is 3. The van der Waals surface area contributed by atoms with E-state index in [1.807, 2.05) is 35.2 Å². The summed E-state index contributed by atoms with van der Waals surface area (Å²) in [5.74, 6) is 1.07. The molecule has 3 aromatic rings. The van der Waals surface area contributed by atoms with Crippen LogP contribution in [0, 0.1) is 6.92 Å². The molecule has 2 aromatic heterocycles. The van der Waals surface area contributed by atoms with Crippen LogP contribution in [0.3, 0.4) is 0 Å². The van der Waals surface area contributed by atoms with E-state index in [0.717, 1.165) is 42.5 Å². The lowest BCUT2D eigenvalue weighted by Gasteiger charge is -2.39. The highest BCUT2D eigenvalue weighted by Gasteiger charge is 2.45. The summed E-state index contributed by atoms with van der Waals surface area (Å²) in [5.41, 5.74) is 2.84. The molecule has 0 radical (unpaired) electrons. The van der Waals surface area contributed by atoms with Gasteiger partial charge < -0.3 is 14.3 Å². The summed E-state index contributed by atoms with van der Waals surface area (Å²) in [6.45, 7) is 3.00. The van der Waals surface area contributed by atoms with Gasteiger partial charge in [-0.1, -0.05) is 30.3 Å². The first kappa shape index (κ1) is 17.8. The number of rotatable bonds is 2. The fourth-order valence-electron chi connectivity index (χ4n) is 4.67. The molecule has 0 saturated carbocycles. The summed E-state index contributed by atoms with van der Waals surface area (Å²) in [7, 11) is 0. The van der Waals surface area contributed by atoms with E-state index in [2.05, 4.69) is 9.97 Å². The van der Waals surface area contributed by atoms with E-state index in [4.69, 9.17) is 9.40 Å². The number of H-pyrrole nitrogens is 1. The van der Waals surface area contributed by atoms with Crippen molar-refractivity contribution >= 4 is 5.91 Å². The number of hydrogen-bond acceptors (Lipinski definition) is 5. The normalized spacial score (nSPS) is 17.5. The molecule has 1 aliphatic carbocycles. The number of piperidine rings is 1. The number of nitrogens with one attached hydrogen (secondary N) is 1. The molecule has 1 N–H and O–H groups in total. The SMILES string of the molecule is Cc1ocnc1C(=O)N1CCC2(CCc3c2nc(-c2ccccc2)[nH]c3=O)CC1. The number of carbonyl (C=O) groups excluding carboxylic acids is 1. The molecule has 0 atom stereocenters. The third kappa shape index (κ3) is 2.88. The van der Waals surface area contributed by atoms with Crippen LogP contribution in [0.2, 0.25) is 0 Å². The van der Waals surface area contributed by atoms with Crippen molar-refractivity contribution in [2.45, 2.75) is 38.0 Å². The van der Waals surface area contributed by atoms with E-state index in [9.17, 15) is 9.59 Å². The number of hydrogen-bond donors (Lipinski definition) is 1. The van der Waals surface area contributed by atoms with Gasteiger partial charge in [0, 0.05) is 29.6 Å². The van der Waals surface area contributed by atoms with Crippen molar-refractivity contribution in [3.8, 4) is 11.4 Å². The average Bonchev–Trinajstić information content (AvgIpc) is 3.33. The second kappa shape index (κ2) is 6.69. The van der Waals surface area contributed by atoms with Crippen molar-refractivity contribution < 1.29 is 9.21 Å². The van der Waals surface area contributed by atoms with Crippen LogP contribution in [0.5, 0.6) is 0 Å². The molecular formula is C22H22N4O3. The summed E-state index contributed by atoms with van der Waals surface area (Å²) >= 11 is 0. The number of aryl methyl sites for hydroxylation is 1. The molecule has 29 heavy (non-hydrogen) atoms. The molecule has 2 aliphatic rings. The third-order valence-corrected chi connectivity index (χ3v) is 6.37. The summed E-state index contributed by atoms with van der Waals surface area (Å²) in [6.07, 6.45) is 4.55. The standard InChI is InChI=1S/C22H22N4O3/c1-14-17(23-13-29-14)21(28)26-11-9-22(10-12-26)8-7-16-18(22)24-19(25-20(16)27)15-5-3-2-4-6-15/h2-6,13H,7-12H2,1H3,(H,24,25,27). The smallest absolute Gasteiger partial charge is 0.276 e. The van der Waals surface area contributed by atoms with Crippen LogP contribution in [0.4, 0.5) is 0 Å². The number of amides is 1. The Bertz CT molecular complexity index is 1120. The monoisotopic (exact) mass is 390 g/mol. The number of aromatic amines is 1.